The Bertz CT molecular complexity index is 606. The predicted molar refractivity (Wildman–Crippen MR) is 73.0 cm³/mol. The average Bonchev–Trinajstić information content (AvgIpc) is 2.39. The van der Waals surface area contributed by atoms with Crippen LogP contribution in [-0.4, -0.2) is 5.11 Å². The maximum absolute atomic E-state index is 9.21. The average molecular weight is 256 g/mol. The van der Waals surface area contributed by atoms with Gasteiger partial charge in [0.15, 0.2) is 0 Å². The summed E-state index contributed by atoms with van der Waals surface area (Å²) in [5.41, 5.74) is 2.21. The van der Waals surface area contributed by atoms with Gasteiger partial charge in [0.25, 0.3) is 0 Å². The molecule has 0 atom stereocenters. The van der Waals surface area contributed by atoms with Crippen molar-refractivity contribution in [2.75, 3.05) is 0 Å². The van der Waals surface area contributed by atoms with Crippen LogP contribution in [0.25, 0.3) is 11.6 Å². The third kappa shape index (κ3) is 2.91. The fraction of sp³-hybridized carbons (Fsp3) is 0. The SMILES string of the molecule is N#C/C(=C\c1ccc(Cl)cc1)c1ccc(O)cc1. The molecule has 18 heavy (non-hydrogen) atoms. The number of phenolic OH excluding ortho intramolecular Hbond substituents is 1. The van der Waals surface area contributed by atoms with E-state index in [-0.39, 0.29) is 5.75 Å². The van der Waals surface area contributed by atoms with Crippen LogP contribution in [-0.2, 0) is 0 Å². The molecular formula is C15H10ClNO. The summed E-state index contributed by atoms with van der Waals surface area (Å²) >= 11 is 5.80. The van der Waals surface area contributed by atoms with E-state index in [2.05, 4.69) is 6.07 Å². The highest BCUT2D eigenvalue weighted by Gasteiger charge is 2.01. The molecule has 88 valence electrons. The van der Waals surface area contributed by atoms with Crippen molar-refractivity contribution >= 4 is 23.3 Å². The van der Waals surface area contributed by atoms with Gasteiger partial charge in [-0.05, 0) is 53.6 Å². The highest BCUT2D eigenvalue weighted by molar-refractivity contribution is 6.30. The quantitative estimate of drug-likeness (QED) is 0.648. The molecular weight excluding hydrogens is 246 g/mol. The van der Waals surface area contributed by atoms with E-state index >= 15 is 0 Å². The van der Waals surface area contributed by atoms with Crippen molar-refractivity contribution in [3.63, 3.8) is 0 Å². The Hall–Kier alpha value is -2.24. The largest absolute Gasteiger partial charge is 0.508 e. The van der Waals surface area contributed by atoms with Crippen LogP contribution >= 0.6 is 11.6 Å². The lowest BCUT2D eigenvalue weighted by Crippen LogP contribution is -1.81. The van der Waals surface area contributed by atoms with Gasteiger partial charge in [-0.25, -0.2) is 0 Å². The number of nitrogens with zero attached hydrogens (tertiary/aromatic N) is 1. The van der Waals surface area contributed by atoms with Crippen LogP contribution in [0.4, 0.5) is 0 Å². The Morgan fingerprint density at radius 3 is 2.22 bits per heavy atom. The lowest BCUT2D eigenvalue weighted by atomic mass is 10.0. The number of phenols is 1. The summed E-state index contributed by atoms with van der Waals surface area (Å²) in [6.45, 7) is 0. The second-order valence-corrected chi connectivity index (χ2v) is 4.20. The van der Waals surface area contributed by atoms with Crippen LogP contribution < -0.4 is 0 Å². The molecule has 1 N–H and O–H groups in total. The molecule has 2 aromatic rings. The lowest BCUT2D eigenvalue weighted by molar-refractivity contribution is 0.475. The number of halogens is 1. The predicted octanol–water partition coefficient (Wildman–Crippen LogP) is 4.11. The van der Waals surface area contributed by atoms with Crippen LogP contribution in [0.1, 0.15) is 11.1 Å². The van der Waals surface area contributed by atoms with E-state index in [1.807, 2.05) is 12.1 Å². The first-order valence-electron chi connectivity index (χ1n) is 5.36. The number of nitriles is 1. The Labute approximate surface area is 110 Å². The molecule has 0 spiro atoms. The lowest BCUT2D eigenvalue weighted by Gasteiger charge is -2.00. The molecule has 0 amide bonds. The molecule has 2 nitrogen and oxygen atoms in total. The Morgan fingerprint density at radius 1 is 1.06 bits per heavy atom. The highest BCUT2D eigenvalue weighted by atomic mass is 35.5. The van der Waals surface area contributed by atoms with Crippen molar-refractivity contribution in [2.24, 2.45) is 0 Å². The number of hydrogen-bond acceptors (Lipinski definition) is 2. The normalized spacial score (nSPS) is 11.0. The summed E-state index contributed by atoms with van der Waals surface area (Å²) in [4.78, 5) is 0. The zero-order valence-corrected chi connectivity index (χ0v) is 10.2. The van der Waals surface area contributed by atoms with Gasteiger partial charge in [-0.3, -0.25) is 0 Å². The number of rotatable bonds is 2. The molecule has 0 fully saturated rings. The molecule has 0 aliphatic carbocycles. The molecule has 0 aromatic heterocycles. The van der Waals surface area contributed by atoms with Crippen molar-refractivity contribution in [1.82, 2.24) is 0 Å². The Morgan fingerprint density at radius 2 is 1.67 bits per heavy atom. The van der Waals surface area contributed by atoms with E-state index in [0.29, 0.717) is 10.6 Å². The molecule has 0 radical (unpaired) electrons. The number of allylic oxidation sites excluding steroid dienone is 1. The van der Waals surface area contributed by atoms with E-state index in [1.54, 1.807) is 42.5 Å². The van der Waals surface area contributed by atoms with Gasteiger partial charge in [-0.2, -0.15) is 5.26 Å². The third-order valence-electron chi connectivity index (χ3n) is 2.48. The molecule has 0 unspecified atom stereocenters. The summed E-state index contributed by atoms with van der Waals surface area (Å²) in [6, 6.07) is 15.9. The maximum atomic E-state index is 9.21. The molecule has 3 heteroatoms. The van der Waals surface area contributed by atoms with Crippen molar-refractivity contribution in [2.45, 2.75) is 0 Å². The van der Waals surface area contributed by atoms with E-state index < -0.39 is 0 Å². The molecule has 0 aliphatic rings. The third-order valence-corrected chi connectivity index (χ3v) is 2.73. The smallest absolute Gasteiger partial charge is 0.115 e. The fourth-order valence-electron chi connectivity index (χ4n) is 1.55. The molecule has 0 saturated carbocycles. The fourth-order valence-corrected chi connectivity index (χ4v) is 1.67. The monoisotopic (exact) mass is 255 g/mol. The van der Waals surface area contributed by atoms with Crippen LogP contribution in [0.5, 0.6) is 5.75 Å². The van der Waals surface area contributed by atoms with Crippen LogP contribution in [0.3, 0.4) is 0 Å². The summed E-state index contributed by atoms with van der Waals surface area (Å²) in [5, 5.41) is 19.0. The van der Waals surface area contributed by atoms with Crippen LogP contribution in [0.2, 0.25) is 5.02 Å². The minimum atomic E-state index is 0.183. The second kappa shape index (κ2) is 5.39. The van der Waals surface area contributed by atoms with Gasteiger partial charge in [0.2, 0.25) is 0 Å². The van der Waals surface area contributed by atoms with Crippen LogP contribution in [0.15, 0.2) is 48.5 Å². The standard InChI is InChI=1S/C15H10ClNO/c16-14-5-1-11(2-6-14)9-13(10-17)12-3-7-15(18)8-4-12/h1-9,18H/b13-9+. The van der Waals surface area contributed by atoms with Crippen LogP contribution in [0, 0.1) is 11.3 Å². The van der Waals surface area contributed by atoms with E-state index in [9.17, 15) is 5.11 Å². The van der Waals surface area contributed by atoms with Gasteiger partial charge in [0.1, 0.15) is 5.75 Å². The Kier molecular flexibility index (Phi) is 3.66. The molecule has 2 rings (SSSR count). The number of aromatic hydroxyl groups is 1. The van der Waals surface area contributed by atoms with Gasteiger partial charge in [0, 0.05) is 5.02 Å². The zero-order valence-electron chi connectivity index (χ0n) is 9.47. The summed E-state index contributed by atoms with van der Waals surface area (Å²) in [7, 11) is 0. The molecule has 0 heterocycles. The first-order chi connectivity index (χ1) is 8.69. The van der Waals surface area contributed by atoms with Gasteiger partial charge >= 0.3 is 0 Å². The van der Waals surface area contributed by atoms with Gasteiger partial charge in [0.05, 0.1) is 11.6 Å². The van der Waals surface area contributed by atoms with E-state index in [0.717, 1.165) is 11.1 Å². The zero-order chi connectivity index (χ0) is 13.0. The molecule has 0 bridgehead atoms. The molecule has 0 aliphatic heterocycles. The summed E-state index contributed by atoms with van der Waals surface area (Å²) in [6.07, 6.45) is 1.78. The van der Waals surface area contributed by atoms with Crippen molar-refractivity contribution in [3.8, 4) is 11.8 Å². The number of benzene rings is 2. The van der Waals surface area contributed by atoms with E-state index in [4.69, 9.17) is 16.9 Å². The first-order valence-corrected chi connectivity index (χ1v) is 5.73. The summed E-state index contributed by atoms with van der Waals surface area (Å²) in [5.74, 6) is 0.183. The van der Waals surface area contributed by atoms with Crippen molar-refractivity contribution < 1.29 is 5.11 Å². The minimum Gasteiger partial charge on any atom is -0.508 e. The topological polar surface area (TPSA) is 44.0 Å². The highest BCUT2D eigenvalue weighted by Crippen LogP contribution is 2.20. The number of hydrogen-bond donors (Lipinski definition) is 1. The van der Waals surface area contributed by atoms with Crippen molar-refractivity contribution in [1.29, 1.82) is 5.26 Å². The first kappa shape index (κ1) is 12.2. The van der Waals surface area contributed by atoms with Gasteiger partial charge < -0.3 is 5.11 Å². The summed E-state index contributed by atoms with van der Waals surface area (Å²) < 4.78 is 0. The second-order valence-electron chi connectivity index (χ2n) is 3.77. The van der Waals surface area contributed by atoms with Crippen molar-refractivity contribution in [3.05, 3.63) is 64.7 Å². The Balaban J connectivity index is 2.37. The maximum Gasteiger partial charge on any atom is 0.115 e. The molecule has 0 saturated heterocycles. The van der Waals surface area contributed by atoms with E-state index in [1.165, 1.54) is 0 Å². The van der Waals surface area contributed by atoms with Gasteiger partial charge in [-0.1, -0.05) is 23.7 Å². The van der Waals surface area contributed by atoms with Gasteiger partial charge in [-0.15, -0.1) is 0 Å². The minimum absolute atomic E-state index is 0.183. The molecule has 2 aromatic carbocycles.